The molecule has 158 valence electrons. The van der Waals surface area contributed by atoms with Crippen LogP contribution in [0.4, 0.5) is 13.2 Å². The average Bonchev–Trinajstić information content (AvgIpc) is 2.75. The lowest BCUT2D eigenvalue weighted by atomic mass is 10.0. The molecule has 2 atom stereocenters. The molecule has 0 amide bonds. The fraction of sp³-hybridized carbons (Fsp3) is 0.250. The van der Waals surface area contributed by atoms with Crippen molar-refractivity contribution in [2.75, 3.05) is 13.2 Å². The summed E-state index contributed by atoms with van der Waals surface area (Å²) in [7, 11) is 0. The largest absolute Gasteiger partial charge is 0.389 e. The van der Waals surface area contributed by atoms with E-state index >= 15 is 0 Å². The Bertz CT molecular complexity index is 869. The van der Waals surface area contributed by atoms with Crippen molar-refractivity contribution in [2.45, 2.75) is 25.2 Å². The summed E-state index contributed by atoms with van der Waals surface area (Å²) in [5.41, 5.74) is 2.30. The minimum Gasteiger partial charge on any atom is -0.389 e. The first-order chi connectivity index (χ1) is 14.4. The number of aliphatic hydroxyl groups excluding tert-OH is 1. The van der Waals surface area contributed by atoms with Gasteiger partial charge in [0, 0.05) is 12.6 Å². The molecule has 0 saturated carbocycles. The van der Waals surface area contributed by atoms with E-state index in [0.29, 0.717) is 11.1 Å². The summed E-state index contributed by atoms with van der Waals surface area (Å²) >= 11 is 0. The van der Waals surface area contributed by atoms with Crippen LogP contribution in [-0.2, 0) is 4.74 Å². The normalized spacial score (nSPS) is 13.4. The Morgan fingerprint density at radius 1 is 0.733 bits per heavy atom. The van der Waals surface area contributed by atoms with Gasteiger partial charge in [-0.3, -0.25) is 0 Å². The van der Waals surface area contributed by atoms with Crippen molar-refractivity contribution < 1.29 is 23.0 Å². The average molecular weight is 415 g/mol. The summed E-state index contributed by atoms with van der Waals surface area (Å²) in [6.07, 6.45) is -1.38. The predicted octanol–water partition coefficient (Wildman–Crippen LogP) is 4.92. The molecule has 3 rings (SSSR count). The molecule has 0 fully saturated rings. The van der Waals surface area contributed by atoms with Gasteiger partial charge < -0.3 is 15.2 Å². The standard InChI is InChI=1S/C24H24F3NO2/c1-16(17-2-8-20(25)9-3-17)28-14-23(29)15-30-24(18-4-10-21(26)11-5-18)19-6-12-22(27)13-7-19/h2-13,16,23-24,28-29H,14-15H2,1H3. The number of halogens is 3. The van der Waals surface area contributed by atoms with Crippen molar-refractivity contribution >= 4 is 0 Å². The van der Waals surface area contributed by atoms with Gasteiger partial charge in [0.15, 0.2) is 0 Å². The van der Waals surface area contributed by atoms with Crippen LogP contribution in [0.2, 0.25) is 0 Å². The van der Waals surface area contributed by atoms with Crippen LogP contribution in [0.1, 0.15) is 35.8 Å². The van der Waals surface area contributed by atoms with Crippen molar-refractivity contribution in [2.24, 2.45) is 0 Å². The summed E-state index contributed by atoms with van der Waals surface area (Å²) in [6, 6.07) is 17.8. The van der Waals surface area contributed by atoms with Crippen molar-refractivity contribution in [1.82, 2.24) is 5.32 Å². The van der Waals surface area contributed by atoms with E-state index in [4.69, 9.17) is 4.74 Å². The third-order valence-electron chi connectivity index (χ3n) is 4.83. The molecule has 2 N–H and O–H groups in total. The molecule has 3 aromatic rings. The molecule has 3 aromatic carbocycles. The van der Waals surface area contributed by atoms with Gasteiger partial charge in [-0.15, -0.1) is 0 Å². The first-order valence-corrected chi connectivity index (χ1v) is 9.72. The van der Waals surface area contributed by atoms with Crippen LogP contribution in [0.25, 0.3) is 0 Å². The molecular weight excluding hydrogens is 391 g/mol. The van der Waals surface area contributed by atoms with Crippen molar-refractivity contribution in [1.29, 1.82) is 0 Å². The highest BCUT2D eigenvalue weighted by molar-refractivity contribution is 5.30. The van der Waals surface area contributed by atoms with Gasteiger partial charge in [0.05, 0.1) is 12.7 Å². The topological polar surface area (TPSA) is 41.5 Å². The van der Waals surface area contributed by atoms with E-state index in [9.17, 15) is 18.3 Å². The lowest BCUT2D eigenvalue weighted by Crippen LogP contribution is -2.32. The maximum Gasteiger partial charge on any atom is 0.123 e. The number of aliphatic hydroxyl groups is 1. The number of ether oxygens (including phenoxy) is 1. The first-order valence-electron chi connectivity index (χ1n) is 9.72. The quantitative estimate of drug-likeness (QED) is 0.521. The Kier molecular flexibility index (Phi) is 7.63. The highest BCUT2D eigenvalue weighted by atomic mass is 19.1. The molecule has 0 aliphatic heterocycles. The molecule has 0 radical (unpaired) electrons. The van der Waals surface area contributed by atoms with Crippen LogP contribution < -0.4 is 5.32 Å². The second-order valence-corrected chi connectivity index (χ2v) is 7.15. The Balaban J connectivity index is 1.61. The van der Waals surface area contributed by atoms with Gasteiger partial charge in [0.1, 0.15) is 23.6 Å². The molecule has 0 heterocycles. The molecule has 0 aromatic heterocycles. The van der Waals surface area contributed by atoms with E-state index < -0.39 is 12.2 Å². The summed E-state index contributed by atoms with van der Waals surface area (Å²) in [6.45, 7) is 2.20. The fourth-order valence-corrected chi connectivity index (χ4v) is 3.11. The molecule has 3 nitrogen and oxygen atoms in total. The second-order valence-electron chi connectivity index (χ2n) is 7.15. The Labute approximate surface area is 174 Å². The van der Waals surface area contributed by atoms with Gasteiger partial charge >= 0.3 is 0 Å². The molecule has 0 bridgehead atoms. The Hall–Kier alpha value is -2.67. The minimum absolute atomic E-state index is 0.0164. The highest BCUT2D eigenvalue weighted by Gasteiger charge is 2.18. The molecule has 6 heteroatoms. The number of hydrogen-bond acceptors (Lipinski definition) is 3. The van der Waals surface area contributed by atoms with E-state index in [1.807, 2.05) is 6.92 Å². The van der Waals surface area contributed by atoms with Crippen molar-refractivity contribution in [3.05, 3.63) is 107 Å². The van der Waals surface area contributed by atoms with Gasteiger partial charge in [-0.2, -0.15) is 0 Å². The Morgan fingerprint density at radius 2 is 1.13 bits per heavy atom. The third kappa shape index (κ3) is 6.16. The monoisotopic (exact) mass is 415 g/mol. The molecule has 0 aliphatic carbocycles. The molecule has 0 spiro atoms. The van der Waals surface area contributed by atoms with E-state index in [2.05, 4.69) is 5.32 Å². The van der Waals surface area contributed by atoms with Crippen LogP contribution in [0.15, 0.2) is 72.8 Å². The number of hydrogen-bond donors (Lipinski definition) is 2. The maximum absolute atomic E-state index is 13.3. The lowest BCUT2D eigenvalue weighted by molar-refractivity contribution is 0.00574. The number of rotatable bonds is 9. The van der Waals surface area contributed by atoms with Gasteiger partial charge in [-0.05, 0) is 60.0 Å². The summed E-state index contributed by atoms with van der Waals surface area (Å²) in [4.78, 5) is 0. The zero-order valence-corrected chi connectivity index (χ0v) is 16.6. The van der Waals surface area contributed by atoms with E-state index in [1.165, 1.54) is 36.4 Å². The molecule has 0 saturated heterocycles. The number of benzene rings is 3. The summed E-state index contributed by atoms with van der Waals surface area (Å²) in [5.74, 6) is -1.03. The predicted molar refractivity (Wildman–Crippen MR) is 109 cm³/mol. The highest BCUT2D eigenvalue weighted by Crippen LogP contribution is 2.27. The Morgan fingerprint density at radius 3 is 1.57 bits per heavy atom. The van der Waals surface area contributed by atoms with E-state index in [0.717, 1.165) is 5.56 Å². The van der Waals surface area contributed by atoms with E-state index in [1.54, 1.807) is 36.4 Å². The van der Waals surface area contributed by atoms with Gasteiger partial charge in [-0.25, -0.2) is 13.2 Å². The third-order valence-corrected chi connectivity index (χ3v) is 4.83. The maximum atomic E-state index is 13.3. The van der Waals surface area contributed by atoms with Crippen molar-refractivity contribution in [3.63, 3.8) is 0 Å². The van der Waals surface area contributed by atoms with Crippen molar-refractivity contribution in [3.8, 4) is 0 Å². The fourth-order valence-electron chi connectivity index (χ4n) is 3.11. The molecule has 0 aliphatic rings. The van der Waals surface area contributed by atoms with Crippen LogP contribution in [0.5, 0.6) is 0 Å². The van der Waals surface area contributed by atoms with E-state index in [-0.39, 0.29) is 36.6 Å². The van der Waals surface area contributed by atoms with Gasteiger partial charge in [0.25, 0.3) is 0 Å². The lowest BCUT2D eigenvalue weighted by Gasteiger charge is -2.22. The van der Waals surface area contributed by atoms with Gasteiger partial charge in [-0.1, -0.05) is 36.4 Å². The SMILES string of the molecule is CC(NCC(O)COC(c1ccc(F)cc1)c1ccc(F)cc1)c1ccc(F)cc1. The van der Waals surface area contributed by atoms with Crippen LogP contribution in [0.3, 0.4) is 0 Å². The van der Waals surface area contributed by atoms with Crippen LogP contribution in [-0.4, -0.2) is 24.4 Å². The second kappa shape index (κ2) is 10.4. The zero-order chi connectivity index (χ0) is 21.5. The number of nitrogens with one attached hydrogen (secondary N) is 1. The molecular formula is C24H24F3NO2. The minimum atomic E-state index is -0.809. The first kappa shape index (κ1) is 22.0. The summed E-state index contributed by atoms with van der Waals surface area (Å²) < 4.78 is 45.6. The van der Waals surface area contributed by atoms with Crippen LogP contribution in [0, 0.1) is 17.5 Å². The van der Waals surface area contributed by atoms with Crippen LogP contribution >= 0.6 is 0 Å². The zero-order valence-electron chi connectivity index (χ0n) is 16.6. The molecule has 30 heavy (non-hydrogen) atoms. The molecule has 2 unspecified atom stereocenters. The van der Waals surface area contributed by atoms with Gasteiger partial charge in [0.2, 0.25) is 0 Å². The summed E-state index contributed by atoms with van der Waals surface area (Å²) in [5, 5.41) is 13.5. The smallest absolute Gasteiger partial charge is 0.123 e.